The molecule has 3 nitrogen and oxygen atoms in total. The first-order valence-electron chi connectivity index (χ1n) is 5.54. The average Bonchev–Trinajstić information content (AvgIpc) is 2.17. The van der Waals surface area contributed by atoms with E-state index >= 15 is 0 Å². The van der Waals surface area contributed by atoms with E-state index < -0.39 is 6.10 Å². The third kappa shape index (κ3) is 9.63. The number of ketones is 1. The van der Waals surface area contributed by atoms with Gasteiger partial charge in [-0.1, -0.05) is 6.08 Å². The summed E-state index contributed by atoms with van der Waals surface area (Å²) in [6, 6.07) is 0. The highest BCUT2D eigenvalue weighted by atomic mass is 16.3. The molecule has 2 N–H and O–H groups in total. The minimum Gasteiger partial charge on any atom is -0.393 e. The van der Waals surface area contributed by atoms with E-state index in [0.29, 0.717) is 25.7 Å². The first-order chi connectivity index (χ1) is 7.06. The monoisotopic (exact) mass is 214 g/mol. The molecule has 0 rings (SSSR count). The average molecular weight is 214 g/mol. The fourth-order valence-corrected chi connectivity index (χ4v) is 1.41. The van der Waals surface area contributed by atoms with Crippen molar-refractivity contribution in [3.05, 3.63) is 12.7 Å². The lowest BCUT2D eigenvalue weighted by Gasteiger charge is -2.10. The van der Waals surface area contributed by atoms with Crippen molar-refractivity contribution in [2.24, 2.45) is 0 Å². The lowest BCUT2D eigenvalue weighted by Crippen LogP contribution is -2.09. The number of aliphatic hydroxyl groups excluding tert-OH is 2. The smallest absolute Gasteiger partial charge is 0.129 e. The molecule has 0 fully saturated rings. The van der Waals surface area contributed by atoms with Gasteiger partial charge in [-0.15, -0.1) is 6.58 Å². The minimum atomic E-state index is -0.464. The van der Waals surface area contributed by atoms with Crippen LogP contribution >= 0.6 is 0 Å². The van der Waals surface area contributed by atoms with Crippen molar-refractivity contribution in [2.45, 2.75) is 57.7 Å². The zero-order valence-corrected chi connectivity index (χ0v) is 9.48. The van der Waals surface area contributed by atoms with Crippen molar-refractivity contribution in [3.63, 3.8) is 0 Å². The highest BCUT2D eigenvalue weighted by Crippen LogP contribution is 2.10. The van der Waals surface area contributed by atoms with Crippen molar-refractivity contribution >= 4 is 5.78 Å². The minimum absolute atomic E-state index is 0.171. The SMILES string of the molecule is C=CC(O)CCCC(O)CCCC(C)=O. The number of hydrogen-bond donors (Lipinski definition) is 2. The molecule has 2 unspecified atom stereocenters. The molecule has 2 atom stereocenters. The Balaban J connectivity index is 3.36. The fraction of sp³-hybridized carbons (Fsp3) is 0.750. The second-order valence-electron chi connectivity index (χ2n) is 3.98. The topological polar surface area (TPSA) is 57.5 Å². The van der Waals surface area contributed by atoms with E-state index in [4.69, 9.17) is 0 Å². The Morgan fingerprint density at radius 3 is 2.40 bits per heavy atom. The van der Waals surface area contributed by atoms with Gasteiger partial charge in [0.05, 0.1) is 12.2 Å². The van der Waals surface area contributed by atoms with Gasteiger partial charge in [0.1, 0.15) is 5.78 Å². The van der Waals surface area contributed by atoms with Gasteiger partial charge in [-0.2, -0.15) is 0 Å². The van der Waals surface area contributed by atoms with Crippen LogP contribution in [0.25, 0.3) is 0 Å². The molecule has 0 amide bonds. The lowest BCUT2D eigenvalue weighted by atomic mass is 10.0. The van der Waals surface area contributed by atoms with Crippen molar-refractivity contribution in [1.29, 1.82) is 0 Å². The largest absolute Gasteiger partial charge is 0.393 e. The molecule has 15 heavy (non-hydrogen) atoms. The number of rotatable bonds is 9. The number of carbonyl (C=O) groups is 1. The third-order valence-electron chi connectivity index (χ3n) is 2.38. The summed E-state index contributed by atoms with van der Waals surface area (Å²) in [5.74, 6) is 0.171. The Kier molecular flexibility index (Phi) is 8.24. The summed E-state index contributed by atoms with van der Waals surface area (Å²) in [5.41, 5.74) is 0. The zero-order chi connectivity index (χ0) is 11.7. The van der Waals surface area contributed by atoms with Crippen molar-refractivity contribution in [1.82, 2.24) is 0 Å². The normalized spacial score (nSPS) is 14.6. The van der Waals surface area contributed by atoms with Gasteiger partial charge in [-0.3, -0.25) is 0 Å². The van der Waals surface area contributed by atoms with Crippen LogP contribution in [0.3, 0.4) is 0 Å². The Bertz CT molecular complexity index is 189. The second-order valence-corrected chi connectivity index (χ2v) is 3.98. The molecule has 88 valence electrons. The first kappa shape index (κ1) is 14.3. The van der Waals surface area contributed by atoms with Crippen LogP contribution in [0, 0.1) is 0 Å². The molecule has 0 aromatic heterocycles. The van der Waals surface area contributed by atoms with Crippen molar-refractivity contribution in [3.8, 4) is 0 Å². The quantitative estimate of drug-likeness (QED) is 0.576. The van der Waals surface area contributed by atoms with Crippen LogP contribution in [0.15, 0.2) is 12.7 Å². The number of aliphatic hydroxyl groups is 2. The van der Waals surface area contributed by atoms with Crippen LogP contribution < -0.4 is 0 Å². The van der Waals surface area contributed by atoms with E-state index in [1.54, 1.807) is 6.92 Å². The highest BCUT2D eigenvalue weighted by Gasteiger charge is 2.06. The molecule has 0 aliphatic heterocycles. The Morgan fingerprint density at radius 1 is 1.27 bits per heavy atom. The van der Waals surface area contributed by atoms with E-state index in [9.17, 15) is 15.0 Å². The summed E-state index contributed by atoms with van der Waals surface area (Å²) < 4.78 is 0. The molecular weight excluding hydrogens is 192 g/mol. The van der Waals surface area contributed by atoms with Gasteiger partial charge in [0.25, 0.3) is 0 Å². The molecule has 0 bridgehead atoms. The van der Waals surface area contributed by atoms with Crippen molar-refractivity contribution in [2.75, 3.05) is 0 Å². The molecule has 0 aromatic carbocycles. The summed E-state index contributed by atoms with van der Waals surface area (Å²) in [7, 11) is 0. The van der Waals surface area contributed by atoms with E-state index in [0.717, 1.165) is 12.8 Å². The van der Waals surface area contributed by atoms with Gasteiger partial charge in [0.15, 0.2) is 0 Å². The van der Waals surface area contributed by atoms with Crippen LogP contribution in [0.4, 0.5) is 0 Å². The first-order valence-corrected chi connectivity index (χ1v) is 5.54. The maximum atomic E-state index is 10.6. The maximum Gasteiger partial charge on any atom is 0.129 e. The Hall–Kier alpha value is -0.670. The molecule has 3 heteroatoms. The number of carbonyl (C=O) groups excluding carboxylic acids is 1. The molecule has 0 radical (unpaired) electrons. The third-order valence-corrected chi connectivity index (χ3v) is 2.38. The number of hydrogen-bond acceptors (Lipinski definition) is 3. The zero-order valence-electron chi connectivity index (χ0n) is 9.48. The molecule has 0 aliphatic carbocycles. The van der Waals surface area contributed by atoms with Crippen LogP contribution in [-0.2, 0) is 4.79 Å². The standard InChI is InChI=1S/C12H22O3/c1-3-11(14)7-5-9-12(15)8-4-6-10(2)13/h3,11-12,14-15H,1,4-9H2,2H3. The molecule has 0 spiro atoms. The summed E-state index contributed by atoms with van der Waals surface area (Å²) in [5, 5.41) is 18.7. The van der Waals surface area contributed by atoms with Crippen molar-refractivity contribution < 1.29 is 15.0 Å². The van der Waals surface area contributed by atoms with Gasteiger partial charge < -0.3 is 15.0 Å². The van der Waals surface area contributed by atoms with Gasteiger partial charge in [0, 0.05) is 6.42 Å². The van der Waals surface area contributed by atoms with Gasteiger partial charge in [-0.05, 0) is 39.0 Å². The van der Waals surface area contributed by atoms with Gasteiger partial charge in [-0.25, -0.2) is 0 Å². The summed E-state index contributed by atoms with van der Waals surface area (Å²) in [6.45, 7) is 5.04. The fourth-order valence-electron chi connectivity index (χ4n) is 1.41. The molecule has 0 saturated carbocycles. The van der Waals surface area contributed by atoms with E-state index in [1.807, 2.05) is 0 Å². The summed E-state index contributed by atoms with van der Waals surface area (Å²) in [4.78, 5) is 10.6. The molecular formula is C12H22O3. The molecule has 0 heterocycles. The lowest BCUT2D eigenvalue weighted by molar-refractivity contribution is -0.117. The van der Waals surface area contributed by atoms with Gasteiger partial charge in [0.2, 0.25) is 0 Å². The van der Waals surface area contributed by atoms with Crippen LogP contribution in [0.2, 0.25) is 0 Å². The summed E-state index contributed by atoms with van der Waals surface area (Å²) >= 11 is 0. The highest BCUT2D eigenvalue weighted by molar-refractivity contribution is 5.75. The second kappa shape index (κ2) is 8.62. The van der Waals surface area contributed by atoms with Gasteiger partial charge >= 0.3 is 0 Å². The maximum absolute atomic E-state index is 10.6. The van der Waals surface area contributed by atoms with Crippen LogP contribution in [0.1, 0.15) is 45.4 Å². The Labute approximate surface area is 91.8 Å². The summed E-state index contributed by atoms with van der Waals surface area (Å²) in [6.07, 6.45) is 4.78. The van der Waals surface area contributed by atoms with Crippen LogP contribution in [-0.4, -0.2) is 28.2 Å². The Morgan fingerprint density at radius 2 is 1.87 bits per heavy atom. The van der Waals surface area contributed by atoms with E-state index in [-0.39, 0.29) is 11.9 Å². The predicted octanol–water partition coefficient (Wildman–Crippen LogP) is 1.82. The van der Waals surface area contributed by atoms with Crippen LogP contribution in [0.5, 0.6) is 0 Å². The molecule has 0 saturated heterocycles. The predicted molar refractivity (Wildman–Crippen MR) is 60.6 cm³/mol. The molecule has 0 aliphatic rings. The number of Topliss-reactive ketones (excluding diaryl/α,β-unsaturated/α-hetero) is 1. The van der Waals surface area contributed by atoms with E-state index in [2.05, 4.69) is 6.58 Å². The van der Waals surface area contributed by atoms with E-state index in [1.165, 1.54) is 6.08 Å². The molecule has 0 aromatic rings.